The van der Waals surface area contributed by atoms with Crippen molar-refractivity contribution in [3.05, 3.63) is 71.3 Å². The first-order valence-electron chi connectivity index (χ1n) is 10.2. The number of piperidine rings is 1. The van der Waals surface area contributed by atoms with E-state index in [9.17, 15) is 9.59 Å². The molecule has 1 aliphatic heterocycles. The van der Waals surface area contributed by atoms with Gasteiger partial charge in [0, 0.05) is 36.3 Å². The summed E-state index contributed by atoms with van der Waals surface area (Å²) in [6.07, 6.45) is 1.85. The van der Waals surface area contributed by atoms with Gasteiger partial charge in [0.2, 0.25) is 0 Å². The lowest BCUT2D eigenvalue weighted by molar-refractivity contribution is -0.885. The smallest absolute Gasteiger partial charge is 0.332 e. The summed E-state index contributed by atoms with van der Waals surface area (Å²) < 4.78 is -0.0135. The number of amides is 2. The molecule has 1 aliphatic carbocycles. The number of carbonyl (C=O) groups excluding carboxylic acids is 2. The van der Waals surface area contributed by atoms with E-state index in [2.05, 4.69) is 0 Å². The van der Waals surface area contributed by atoms with Crippen LogP contribution in [0.5, 0.6) is 0 Å². The second-order valence-electron chi connectivity index (χ2n) is 8.57. The molecule has 32 heavy (non-hydrogen) atoms. The average molecular weight is 479 g/mol. The number of nitrogen functional groups attached to an aromatic ring is 1. The van der Waals surface area contributed by atoms with E-state index in [0.29, 0.717) is 31.5 Å². The maximum atomic E-state index is 13.8. The topological polar surface area (TPSA) is 136 Å². The van der Waals surface area contributed by atoms with E-state index in [0.717, 1.165) is 17.5 Å². The van der Waals surface area contributed by atoms with Gasteiger partial charge in [-0.1, -0.05) is 54.6 Å². The number of primary amides is 1. The van der Waals surface area contributed by atoms with Gasteiger partial charge in [-0.25, -0.2) is 9.28 Å². The van der Waals surface area contributed by atoms with E-state index in [-0.39, 0.29) is 47.0 Å². The predicted octanol–water partition coefficient (Wildman–Crippen LogP) is 1.88. The van der Waals surface area contributed by atoms with Gasteiger partial charge >= 0.3 is 5.91 Å². The molecule has 0 aromatic heterocycles. The Morgan fingerprint density at radius 2 is 1.66 bits per heavy atom. The van der Waals surface area contributed by atoms with E-state index in [1.807, 2.05) is 42.5 Å². The number of halogens is 2. The largest absolute Gasteiger partial charge is 0.384 e. The quantitative estimate of drug-likeness (QED) is 0.274. The molecule has 1 saturated heterocycles. The molecule has 2 fully saturated rings. The molecule has 4 atom stereocenters. The molecule has 2 amide bonds. The van der Waals surface area contributed by atoms with Crippen LogP contribution in [0.1, 0.15) is 29.5 Å². The highest BCUT2D eigenvalue weighted by atomic mass is 35.5. The number of carbonyl (C=O) groups is 2. The molecule has 2 unspecified atom stereocenters. The van der Waals surface area contributed by atoms with Crippen molar-refractivity contribution in [2.45, 2.75) is 37.4 Å². The standard InChI is InChI=1S/C23H27N5O2.2ClH/c24-19(12-15-4-2-1-3-5-15)21(29)28(11-10-18-13-23(18,28)22(27)30)14-16-6-8-17(9-7-16)20(25)26;;/h1-9,18-19H,10-14,24H2,(H4-,25,26,27,30);2*1H/p+1/t18-,19?,23+,28?;;/m1../s1. The third-order valence-electron chi connectivity index (χ3n) is 6.88. The molecule has 0 bridgehead atoms. The molecule has 2 aliphatic rings. The Morgan fingerprint density at radius 1 is 1.03 bits per heavy atom. The van der Waals surface area contributed by atoms with Crippen LogP contribution >= 0.6 is 24.8 Å². The predicted molar refractivity (Wildman–Crippen MR) is 129 cm³/mol. The van der Waals surface area contributed by atoms with E-state index < -0.39 is 17.5 Å². The minimum absolute atomic E-state index is 0. The second kappa shape index (κ2) is 9.58. The Bertz CT molecular complexity index is 1000. The molecule has 2 aromatic carbocycles. The zero-order valence-corrected chi connectivity index (χ0v) is 19.3. The number of likely N-dealkylation sites (tertiary alicyclic amines) is 1. The summed E-state index contributed by atoms with van der Waals surface area (Å²) in [6, 6.07) is 16.2. The lowest BCUT2D eigenvalue weighted by atomic mass is 10.00. The fourth-order valence-corrected chi connectivity index (χ4v) is 5.25. The first-order chi connectivity index (χ1) is 14.3. The zero-order chi connectivity index (χ0) is 21.5. The summed E-state index contributed by atoms with van der Waals surface area (Å²) >= 11 is 0. The zero-order valence-electron chi connectivity index (χ0n) is 17.7. The minimum Gasteiger partial charge on any atom is -0.384 e. The molecule has 7 N–H and O–H groups in total. The van der Waals surface area contributed by atoms with Gasteiger partial charge in [-0.05, 0) is 5.56 Å². The molecular weight excluding hydrogens is 449 g/mol. The Morgan fingerprint density at radius 3 is 2.19 bits per heavy atom. The normalized spacial score (nSPS) is 26.1. The van der Waals surface area contributed by atoms with Crippen LogP contribution in [0.25, 0.3) is 0 Å². The highest BCUT2D eigenvalue weighted by Gasteiger charge is 2.79. The summed E-state index contributed by atoms with van der Waals surface area (Å²) in [6.45, 7) is 0.919. The summed E-state index contributed by atoms with van der Waals surface area (Å²) in [4.78, 5) is 26.4. The van der Waals surface area contributed by atoms with Crippen molar-refractivity contribution in [2.75, 3.05) is 6.54 Å². The molecule has 4 rings (SSSR count). The summed E-state index contributed by atoms with van der Waals surface area (Å²) in [5.74, 6) is -0.415. The fourth-order valence-electron chi connectivity index (χ4n) is 5.25. The number of hydrogen-bond donors (Lipinski definition) is 4. The maximum absolute atomic E-state index is 13.8. The number of hydrogen-bond acceptors (Lipinski definition) is 4. The number of fused-ring (bicyclic) bond motifs is 1. The average Bonchev–Trinajstić information content (AvgIpc) is 3.40. The van der Waals surface area contributed by atoms with E-state index >= 15 is 0 Å². The van der Waals surface area contributed by atoms with Crippen LogP contribution < -0.4 is 17.2 Å². The highest BCUT2D eigenvalue weighted by Crippen LogP contribution is 2.61. The molecule has 172 valence electrons. The summed E-state index contributed by atoms with van der Waals surface area (Å²) in [5, 5.41) is 7.57. The number of benzene rings is 2. The van der Waals surface area contributed by atoms with Gasteiger partial charge in [-0.3, -0.25) is 10.2 Å². The van der Waals surface area contributed by atoms with Crippen molar-refractivity contribution in [1.82, 2.24) is 0 Å². The van der Waals surface area contributed by atoms with Gasteiger partial charge in [-0.2, -0.15) is 0 Å². The summed E-state index contributed by atoms with van der Waals surface area (Å²) in [7, 11) is 0. The van der Waals surface area contributed by atoms with Crippen LogP contribution in [-0.2, 0) is 22.6 Å². The van der Waals surface area contributed by atoms with Crippen molar-refractivity contribution in [2.24, 2.45) is 23.1 Å². The molecule has 9 heteroatoms. The van der Waals surface area contributed by atoms with Crippen molar-refractivity contribution in [3.63, 3.8) is 0 Å². The highest BCUT2D eigenvalue weighted by molar-refractivity contribution is 5.95. The van der Waals surface area contributed by atoms with Crippen molar-refractivity contribution >= 4 is 42.5 Å². The van der Waals surface area contributed by atoms with Crippen molar-refractivity contribution in [3.8, 4) is 0 Å². The Kier molecular flexibility index (Phi) is 7.73. The number of nitrogens with two attached hydrogens (primary N) is 3. The van der Waals surface area contributed by atoms with E-state index in [4.69, 9.17) is 22.6 Å². The monoisotopic (exact) mass is 478 g/mol. The van der Waals surface area contributed by atoms with Gasteiger partial charge < -0.3 is 17.2 Å². The lowest BCUT2D eigenvalue weighted by Crippen LogP contribution is -2.67. The van der Waals surface area contributed by atoms with Crippen molar-refractivity contribution < 1.29 is 14.1 Å². The van der Waals surface area contributed by atoms with Gasteiger partial charge in [0.25, 0.3) is 5.91 Å². The summed E-state index contributed by atoms with van der Waals surface area (Å²) in [5.41, 5.74) is 19.5. The molecule has 1 saturated carbocycles. The minimum atomic E-state index is -0.857. The van der Waals surface area contributed by atoms with Crippen LogP contribution in [0.2, 0.25) is 0 Å². The number of rotatable bonds is 7. The third-order valence-corrected chi connectivity index (χ3v) is 6.88. The number of nitrogens with one attached hydrogen (secondary N) is 1. The van der Waals surface area contributed by atoms with Crippen LogP contribution in [0.4, 0.5) is 0 Å². The van der Waals surface area contributed by atoms with Gasteiger partial charge in [0.15, 0.2) is 5.54 Å². The van der Waals surface area contributed by atoms with Crippen LogP contribution in [0.15, 0.2) is 54.6 Å². The first-order valence-corrected chi connectivity index (χ1v) is 10.2. The van der Waals surface area contributed by atoms with E-state index in [1.165, 1.54) is 0 Å². The third kappa shape index (κ3) is 4.13. The molecule has 7 nitrogen and oxygen atoms in total. The lowest BCUT2D eigenvalue weighted by Gasteiger charge is -2.40. The van der Waals surface area contributed by atoms with Crippen LogP contribution in [0.3, 0.4) is 0 Å². The molecule has 0 spiro atoms. The van der Waals surface area contributed by atoms with Crippen LogP contribution in [-0.4, -0.2) is 40.3 Å². The molecular formula is C23H30Cl2N5O2+. The van der Waals surface area contributed by atoms with Crippen molar-refractivity contribution in [1.29, 1.82) is 5.41 Å². The number of quaternary nitrogens is 1. The SMILES string of the molecule is Cl.Cl.N=C(N)c1ccc(C[N+]2(C(=O)C(N)Cc3ccccc3)CC[C@@H]3C[C@@]32C(N)=O)cc1. The first kappa shape index (κ1) is 25.8. The van der Waals surface area contributed by atoms with Crippen LogP contribution in [0, 0.1) is 11.3 Å². The van der Waals surface area contributed by atoms with E-state index in [1.54, 1.807) is 12.1 Å². The Labute approximate surface area is 200 Å². The molecule has 1 heterocycles. The molecule has 2 aromatic rings. The van der Waals surface area contributed by atoms with Gasteiger partial charge in [-0.15, -0.1) is 24.8 Å². The number of amidine groups is 1. The Balaban J connectivity index is 0.00000181. The Hall–Kier alpha value is -2.45. The van der Waals surface area contributed by atoms with Gasteiger partial charge in [0.1, 0.15) is 18.4 Å². The van der Waals surface area contributed by atoms with Gasteiger partial charge in [0.05, 0.1) is 6.54 Å². The molecule has 0 radical (unpaired) electrons. The number of nitrogens with zero attached hydrogens (tertiary/aromatic N) is 1. The second-order valence-corrected chi connectivity index (χ2v) is 8.57. The maximum Gasteiger partial charge on any atom is 0.332 e. The fraction of sp³-hybridized carbons (Fsp3) is 0.348.